The van der Waals surface area contributed by atoms with Crippen LogP contribution in [0.5, 0.6) is 0 Å². The van der Waals surface area contributed by atoms with Crippen molar-refractivity contribution in [3.63, 3.8) is 0 Å². The summed E-state index contributed by atoms with van der Waals surface area (Å²) in [6.45, 7) is 1.28. The van der Waals surface area contributed by atoms with Gasteiger partial charge in [-0.1, -0.05) is 5.16 Å². The van der Waals surface area contributed by atoms with Gasteiger partial charge in [-0.2, -0.15) is 4.98 Å². The first-order chi connectivity index (χ1) is 7.59. The number of hydrogen-bond acceptors (Lipinski definition) is 6. The molecule has 1 aromatic heterocycles. The number of amides is 1. The molecule has 88 valence electrons. The third-order valence-electron chi connectivity index (χ3n) is 1.59. The van der Waals surface area contributed by atoms with Gasteiger partial charge in [-0.25, -0.2) is 4.79 Å². The second-order valence-corrected chi connectivity index (χ2v) is 3.97. The van der Waals surface area contributed by atoms with Gasteiger partial charge in [0.25, 0.3) is 0 Å². The Labute approximate surface area is 95.6 Å². The van der Waals surface area contributed by atoms with Gasteiger partial charge in [0.1, 0.15) is 6.04 Å². The third-order valence-corrected chi connectivity index (χ3v) is 2.61. The molecule has 0 fully saturated rings. The Kier molecular flexibility index (Phi) is 4.77. The zero-order valence-electron chi connectivity index (χ0n) is 8.54. The largest absolute Gasteiger partial charge is 0.480 e. The predicted octanol–water partition coefficient (Wildman–Crippen LogP) is -0.108. The van der Waals surface area contributed by atoms with Gasteiger partial charge in [0, 0.05) is 12.7 Å². The number of rotatable bonds is 6. The fourth-order valence-corrected chi connectivity index (χ4v) is 1.83. The van der Waals surface area contributed by atoms with Crippen molar-refractivity contribution in [2.45, 2.75) is 18.7 Å². The number of carboxylic acid groups (broad SMARTS) is 1. The summed E-state index contributed by atoms with van der Waals surface area (Å²) in [5.74, 6) is -0.336. The Morgan fingerprint density at radius 1 is 1.69 bits per heavy atom. The summed E-state index contributed by atoms with van der Waals surface area (Å²) in [4.78, 5) is 25.3. The maximum Gasteiger partial charge on any atom is 0.327 e. The molecule has 0 radical (unpaired) electrons. The summed E-state index contributed by atoms with van der Waals surface area (Å²) >= 11 is 1.30. The molecule has 0 aliphatic carbocycles. The van der Waals surface area contributed by atoms with Gasteiger partial charge in [-0.15, -0.1) is 11.8 Å². The molecule has 1 heterocycles. The van der Waals surface area contributed by atoms with E-state index in [4.69, 9.17) is 9.63 Å². The number of nitrogens with zero attached hydrogens (tertiary/aromatic N) is 2. The van der Waals surface area contributed by atoms with Gasteiger partial charge in [-0.3, -0.25) is 4.79 Å². The summed E-state index contributed by atoms with van der Waals surface area (Å²) in [6.07, 6.45) is 1.28. The van der Waals surface area contributed by atoms with Crippen LogP contribution in [0.25, 0.3) is 0 Å². The molecule has 1 amide bonds. The fraction of sp³-hybridized carbons (Fsp3) is 0.500. The van der Waals surface area contributed by atoms with Crippen LogP contribution >= 0.6 is 11.8 Å². The molecule has 1 aromatic rings. The van der Waals surface area contributed by atoms with Gasteiger partial charge in [0.05, 0.1) is 5.75 Å². The Balaban J connectivity index is 2.32. The van der Waals surface area contributed by atoms with Crippen molar-refractivity contribution in [1.82, 2.24) is 15.5 Å². The number of thioether (sulfide) groups is 1. The van der Waals surface area contributed by atoms with Gasteiger partial charge in [0.15, 0.2) is 6.33 Å². The smallest absolute Gasteiger partial charge is 0.327 e. The topological polar surface area (TPSA) is 105 Å². The van der Waals surface area contributed by atoms with E-state index >= 15 is 0 Å². The van der Waals surface area contributed by atoms with Crippen molar-refractivity contribution >= 4 is 23.6 Å². The fourth-order valence-electron chi connectivity index (χ4n) is 0.944. The molecule has 0 spiro atoms. The van der Waals surface area contributed by atoms with E-state index in [0.717, 1.165) is 0 Å². The minimum atomic E-state index is -1.06. The van der Waals surface area contributed by atoms with Crippen molar-refractivity contribution in [3.8, 4) is 0 Å². The number of aliphatic carboxylic acids is 1. The van der Waals surface area contributed by atoms with Crippen LogP contribution in [0, 0.1) is 0 Å². The molecular formula is C8H11N3O4S. The first kappa shape index (κ1) is 12.5. The van der Waals surface area contributed by atoms with Crippen LogP contribution < -0.4 is 5.32 Å². The first-order valence-corrected chi connectivity index (χ1v) is 5.58. The molecule has 8 heteroatoms. The highest BCUT2D eigenvalue weighted by Gasteiger charge is 2.18. The summed E-state index contributed by atoms with van der Waals surface area (Å²) in [6, 6.07) is -0.898. The molecule has 1 atom stereocenters. The first-order valence-electron chi connectivity index (χ1n) is 4.43. The lowest BCUT2D eigenvalue weighted by Crippen LogP contribution is -2.41. The Hall–Kier alpha value is -1.57. The molecule has 7 nitrogen and oxygen atoms in total. The number of nitrogens with one attached hydrogen (secondary N) is 1. The van der Waals surface area contributed by atoms with E-state index < -0.39 is 12.0 Å². The molecule has 0 saturated heterocycles. The van der Waals surface area contributed by atoms with Crippen LogP contribution in [0.3, 0.4) is 0 Å². The molecule has 1 unspecified atom stereocenters. The lowest BCUT2D eigenvalue weighted by Gasteiger charge is -2.11. The molecule has 0 aromatic carbocycles. The summed E-state index contributed by atoms with van der Waals surface area (Å²) < 4.78 is 4.74. The maximum atomic E-state index is 10.7. The van der Waals surface area contributed by atoms with E-state index in [-0.39, 0.29) is 11.7 Å². The zero-order chi connectivity index (χ0) is 12.0. The van der Waals surface area contributed by atoms with Crippen molar-refractivity contribution in [1.29, 1.82) is 0 Å². The minimum Gasteiger partial charge on any atom is -0.480 e. The average Bonchev–Trinajstić information content (AvgIpc) is 2.68. The van der Waals surface area contributed by atoms with Crippen molar-refractivity contribution in [3.05, 3.63) is 12.2 Å². The Bertz CT molecular complexity index is 354. The van der Waals surface area contributed by atoms with Gasteiger partial charge < -0.3 is 14.9 Å². The highest BCUT2D eigenvalue weighted by atomic mass is 32.2. The molecule has 2 N–H and O–H groups in total. The molecule has 0 saturated carbocycles. The standard InChI is InChI=1S/C8H11N3O4S/c1-5(12)11-6(8(13)14)2-16-3-7-9-4-10-15-7/h4,6H,2-3H2,1H3,(H,11,12)(H,13,14). The lowest BCUT2D eigenvalue weighted by molar-refractivity contribution is -0.140. The number of hydrogen-bond donors (Lipinski definition) is 2. The quantitative estimate of drug-likeness (QED) is 0.720. The Morgan fingerprint density at radius 2 is 2.44 bits per heavy atom. The second-order valence-electron chi connectivity index (χ2n) is 2.94. The van der Waals surface area contributed by atoms with Crippen LogP contribution in [0.4, 0.5) is 0 Å². The van der Waals surface area contributed by atoms with Crippen LogP contribution in [-0.2, 0) is 15.3 Å². The SMILES string of the molecule is CC(=O)NC(CSCc1ncno1)C(=O)O. The second kappa shape index (κ2) is 6.11. The van der Waals surface area contributed by atoms with E-state index in [1.807, 2.05) is 0 Å². The molecule has 0 bridgehead atoms. The molecule has 1 rings (SSSR count). The summed E-state index contributed by atoms with van der Waals surface area (Å²) in [5.41, 5.74) is 0. The monoisotopic (exact) mass is 245 g/mol. The summed E-state index contributed by atoms with van der Waals surface area (Å²) in [7, 11) is 0. The van der Waals surface area contributed by atoms with E-state index in [9.17, 15) is 9.59 Å². The highest BCUT2D eigenvalue weighted by Crippen LogP contribution is 2.10. The third kappa shape index (κ3) is 4.30. The molecular weight excluding hydrogens is 234 g/mol. The van der Waals surface area contributed by atoms with Crippen molar-refractivity contribution in [2.75, 3.05) is 5.75 Å². The molecule has 0 aliphatic heterocycles. The van der Waals surface area contributed by atoms with Crippen LogP contribution in [0.1, 0.15) is 12.8 Å². The minimum absolute atomic E-state index is 0.247. The van der Waals surface area contributed by atoms with E-state index in [1.165, 1.54) is 25.0 Å². The van der Waals surface area contributed by atoms with Crippen LogP contribution in [0.2, 0.25) is 0 Å². The van der Waals surface area contributed by atoms with Crippen LogP contribution in [0.15, 0.2) is 10.9 Å². The molecule has 0 aliphatic rings. The van der Waals surface area contributed by atoms with Crippen molar-refractivity contribution in [2.24, 2.45) is 0 Å². The number of carbonyl (C=O) groups excluding carboxylic acids is 1. The van der Waals surface area contributed by atoms with Crippen molar-refractivity contribution < 1.29 is 19.2 Å². The van der Waals surface area contributed by atoms with Gasteiger partial charge in [0.2, 0.25) is 11.8 Å². The Morgan fingerprint density at radius 3 is 2.94 bits per heavy atom. The lowest BCUT2D eigenvalue weighted by atomic mass is 10.3. The van der Waals surface area contributed by atoms with E-state index in [2.05, 4.69) is 15.5 Å². The van der Waals surface area contributed by atoms with E-state index in [1.54, 1.807) is 0 Å². The van der Waals surface area contributed by atoms with Gasteiger partial charge >= 0.3 is 5.97 Å². The number of carbonyl (C=O) groups is 2. The zero-order valence-corrected chi connectivity index (χ0v) is 9.36. The predicted molar refractivity (Wildman–Crippen MR) is 55.7 cm³/mol. The molecule has 16 heavy (non-hydrogen) atoms. The van der Waals surface area contributed by atoms with E-state index in [0.29, 0.717) is 11.6 Å². The number of carboxylic acids is 1. The van der Waals surface area contributed by atoms with Gasteiger partial charge in [-0.05, 0) is 0 Å². The average molecular weight is 245 g/mol. The van der Waals surface area contributed by atoms with Crippen LogP contribution in [-0.4, -0.2) is 38.9 Å². The maximum absolute atomic E-state index is 10.7. The normalized spacial score (nSPS) is 12.1. The highest BCUT2D eigenvalue weighted by molar-refractivity contribution is 7.98. The summed E-state index contributed by atoms with van der Waals surface area (Å²) in [5, 5.41) is 14.6. The number of aromatic nitrogens is 2.